The molecule has 0 aliphatic heterocycles. The molecule has 4 nitrogen and oxygen atoms in total. The first-order valence-electron chi connectivity index (χ1n) is 4.22. The molecular weight excluding hydrogens is 180 g/mol. The van der Waals surface area contributed by atoms with Gasteiger partial charge in [0.05, 0.1) is 7.11 Å². The number of benzene rings is 1. The van der Waals surface area contributed by atoms with E-state index in [2.05, 4.69) is 4.74 Å². The summed E-state index contributed by atoms with van der Waals surface area (Å²) in [6, 6.07) is 8.99. The van der Waals surface area contributed by atoms with Gasteiger partial charge in [-0.2, -0.15) is 0 Å². The number of hydrogen-bond acceptors (Lipinski definition) is 4. The number of nitrogens with two attached hydrogens (primary N) is 2. The molecule has 4 N–H and O–H groups in total. The molecule has 0 fully saturated rings. The standard InChI is InChI=1S/C6H7N.C4H9NO2/c7-6-4-2-1-3-5-6;1-3(5)4(6)7-2/h1-5H,7H2;3H,5H2,1-2H3. The number of esters is 1. The highest BCUT2D eigenvalue weighted by Gasteiger charge is 2.03. The summed E-state index contributed by atoms with van der Waals surface area (Å²) in [6.45, 7) is 1.58. The Labute approximate surface area is 83.9 Å². The van der Waals surface area contributed by atoms with Crippen LogP contribution in [0.2, 0.25) is 0 Å². The lowest BCUT2D eigenvalue weighted by Gasteiger charge is -1.98. The van der Waals surface area contributed by atoms with Crippen LogP contribution in [-0.4, -0.2) is 19.1 Å². The zero-order valence-corrected chi connectivity index (χ0v) is 8.44. The van der Waals surface area contributed by atoms with Gasteiger partial charge in [-0.15, -0.1) is 0 Å². The minimum atomic E-state index is -0.495. The molecule has 1 aromatic carbocycles. The smallest absolute Gasteiger partial charge is 0.322 e. The summed E-state index contributed by atoms with van der Waals surface area (Å²) in [5.74, 6) is -0.375. The number of carbonyl (C=O) groups is 1. The van der Waals surface area contributed by atoms with Crippen molar-refractivity contribution in [2.75, 3.05) is 12.8 Å². The van der Waals surface area contributed by atoms with E-state index in [1.165, 1.54) is 7.11 Å². The van der Waals surface area contributed by atoms with Crippen molar-refractivity contribution in [3.8, 4) is 0 Å². The lowest BCUT2D eigenvalue weighted by molar-refractivity contribution is -0.141. The van der Waals surface area contributed by atoms with Crippen LogP contribution >= 0.6 is 0 Å². The Kier molecular flexibility index (Phi) is 6.15. The Morgan fingerprint density at radius 3 is 2.00 bits per heavy atom. The number of methoxy groups -OCH3 is 1. The lowest BCUT2D eigenvalue weighted by Crippen LogP contribution is -2.27. The van der Waals surface area contributed by atoms with Gasteiger partial charge in [-0.3, -0.25) is 4.79 Å². The van der Waals surface area contributed by atoms with E-state index in [0.29, 0.717) is 0 Å². The van der Waals surface area contributed by atoms with Crippen molar-refractivity contribution in [2.45, 2.75) is 13.0 Å². The molecule has 0 aliphatic carbocycles. The molecule has 0 aromatic heterocycles. The van der Waals surface area contributed by atoms with Crippen molar-refractivity contribution >= 4 is 11.7 Å². The molecule has 0 saturated carbocycles. The lowest BCUT2D eigenvalue weighted by atomic mass is 10.3. The monoisotopic (exact) mass is 196 g/mol. The molecule has 1 aromatic rings. The third kappa shape index (κ3) is 6.02. The molecule has 78 valence electrons. The summed E-state index contributed by atoms with van der Waals surface area (Å²) in [7, 11) is 1.31. The number of para-hydroxylation sites is 1. The fourth-order valence-corrected chi connectivity index (χ4v) is 0.639. The van der Waals surface area contributed by atoms with E-state index in [4.69, 9.17) is 11.5 Å². The van der Waals surface area contributed by atoms with Crippen molar-refractivity contribution in [1.29, 1.82) is 0 Å². The number of hydrogen-bond donors (Lipinski definition) is 2. The first kappa shape index (κ1) is 12.4. The summed E-state index contributed by atoms with van der Waals surface area (Å²) in [4.78, 5) is 10.2. The molecule has 1 unspecified atom stereocenters. The number of anilines is 1. The maximum Gasteiger partial charge on any atom is 0.322 e. The van der Waals surface area contributed by atoms with Crippen LogP contribution in [0, 0.1) is 0 Å². The van der Waals surface area contributed by atoms with E-state index in [9.17, 15) is 4.79 Å². The highest BCUT2D eigenvalue weighted by Crippen LogP contribution is 1.95. The summed E-state index contributed by atoms with van der Waals surface area (Å²) < 4.78 is 4.25. The molecular formula is C10H16N2O2. The number of ether oxygens (including phenoxy) is 1. The number of carbonyl (C=O) groups excluding carboxylic acids is 1. The predicted molar refractivity (Wildman–Crippen MR) is 56.5 cm³/mol. The van der Waals surface area contributed by atoms with Gasteiger partial charge in [-0.1, -0.05) is 18.2 Å². The van der Waals surface area contributed by atoms with Crippen molar-refractivity contribution in [1.82, 2.24) is 0 Å². The summed E-state index contributed by atoms with van der Waals surface area (Å²) in [5.41, 5.74) is 11.3. The first-order chi connectivity index (χ1) is 6.57. The van der Waals surface area contributed by atoms with Crippen LogP contribution in [-0.2, 0) is 9.53 Å². The molecule has 1 atom stereocenters. The van der Waals surface area contributed by atoms with Crippen LogP contribution in [0.1, 0.15) is 6.92 Å². The largest absolute Gasteiger partial charge is 0.468 e. The van der Waals surface area contributed by atoms with Gasteiger partial charge in [0.2, 0.25) is 0 Å². The van der Waals surface area contributed by atoms with Crippen LogP contribution in [0.3, 0.4) is 0 Å². The number of rotatable bonds is 1. The molecule has 0 radical (unpaired) electrons. The SMILES string of the molecule is COC(=O)C(C)N.Nc1ccccc1. The summed E-state index contributed by atoms with van der Waals surface area (Å²) in [5, 5.41) is 0. The van der Waals surface area contributed by atoms with Crippen LogP contribution < -0.4 is 11.5 Å². The fraction of sp³-hybridized carbons (Fsp3) is 0.300. The van der Waals surface area contributed by atoms with E-state index in [0.717, 1.165) is 5.69 Å². The zero-order chi connectivity index (χ0) is 11.0. The third-order valence-corrected chi connectivity index (χ3v) is 1.37. The van der Waals surface area contributed by atoms with Gasteiger partial charge >= 0.3 is 5.97 Å². The maximum absolute atomic E-state index is 10.2. The van der Waals surface area contributed by atoms with E-state index >= 15 is 0 Å². The average Bonchev–Trinajstić information content (AvgIpc) is 2.18. The Hall–Kier alpha value is -1.55. The Morgan fingerprint density at radius 2 is 1.86 bits per heavy atom. The van der Waals surface area contributed by atoms with Crippen molar-refractivity contribution in [2.24, 2.45) is 5.73 Å². The highest BCUT2D eigenvalue weighted by molar-refractivity contribution is 5.74. The van der Waals surface area contributed by atoms with Gasteiger partial charge in [0.15, 0.2) is 0 Å². The predicted octanol–water partition coefficient (Wildman–Crippen LogP) is 0.775. The molecule has 0 amide bonds. The molecule has 0 spiro atoms. The molecule has 0 aliphatic rings. The van der Waals surface area contributed by atoms with E-state index in [1.54, 1.807) is 6.92 Å². The van der Waals surface area contributed by atoms with Crippen molar-refractivity contribution < 1.29 is 9.53 Å². The van der Waals surface area contributed by atoms with Gasteiger partial charge in [-0.05, 0) is 19.1 Å². The minimum absolute atomic E-state index is 0.375. The Bertz CT molecular complexity index is 260. The van der Waals surface area contributed by atoms with E-state index in [1.807, 2.05) is 30.3 Å². The minimum Gasteiger partial charge on any atom is -0.468 e. The molecule has 0 bridgehead atoms. The second kappa shape index (κ2) is 6.91. The van der Waals surface area contributed by atoms with Crippen molar-refractivity contribution in [3.05, 3.63) is 30.3 Å². The second-order valence-corrected chi connectivity index (χ2v) is 2.72. The summed E-state index contributed by atoms with van der Waals surface area (Å²) in [6.07, 6.45) is 0. The van der Waals surface area contributed by atoms with Gasteiger partial charge in [0.25, 0.3) is 0 Å². The molecule has 4 heteroatoms. The average molecular weight is 196 g/mol. The van der Waals surface area contributed by atoms with Gasteiger partial charge in [0.1, 0.15) is 6.04 Å². The highest BCUT2D eigenvalue weighted by atomic mass is 16.5. The summed E-state index contributed by atoms with van der Waals surface area (Å²) >= 11 is 0. The fourth-order valence-electron chi connectivity index (χ4n) is 0.639. The van der Waals surface area contributed by atoms with Crippen LogP contribution in [0.4, 0.5) is 5.69 Å². The third-order valence-electron chi connectivity index (χ3n) is 1.37. The molecule has 0 heterocycles. The topological polar surface area (TPSA) is 78.3 Å². The van der Waals surface area contributed by atoms with Gasteiger partial charge in [-0.25, -0.2) is 0 Å². The van der Waals surface area contributed by atoms with Crippen LogP contribution in [0.5, 0.6) is 0 Å². The van der Waals surface area contributed by atoms with E-state index < -0.39 is 6.04 Å². The normalized spacial score (nSPS) is 10.8. The Balaban J connectivity index is 0.000000241. The van der Waals surface area contributed by atoms with E-state index in [-0.39, 0.29) is 5.97 Å². The molecule has 14 heavy (non-hydrogen) atoms. The maximum atomic E-state index is 10.2. The molecule has 0 saturated heterocycles. The van der Waals surface area contributed by atoms with Crippen molar-refractivity contribution in [3.63, 3.8) is 0 Å². The van der Waals surface area contributed by atoms with Gasteiger partial charge < -0.3 is 16.2 Å². The molecule has 1 rings (SSSR count). The van der Waals surface area contributed by atoms with Crippen LogP contribution in [0.15, 0.2) is 30.3 Å². The second-order valence-electron chi connectivity index (χ2n) is 2.72. The zero-order valence-electron chi connectivity index (χ0n) is 8.44. The first-order valence-corrected chi connectivity index (χ1v) is 4.22. The van der Waals surface area contributed by atoms with Gasteiger partial charge in [0, 0.05) is 5.69 Å². The van der Waals surface area contributed by atoms with Crippen LogP contribution in [0.25, 0.3) is 0 Å². The number of nitrogen functional groups attached to an aromatic ring is 1. The quantitative estimate of drug-likeness (QED) is 0.514. The Morgan fingerprint density at radius 1 is 1.36 bits per heavy atom.